The van der Waals surface area contributed by atoms with Gasteiger partial charge in [-0.05, 0) is 47.6 Å². The summed E-state index contributed by atoms with van der Waals surface area (Å²) in [6.45, 7) is 0. The molecule has 0 saturated carbocycles. The number of anilines is 2. The normalized spacial score (nSPS) is 13.9. The van der Waals surface area contributed by atoms with Crippen molar-refractivity contribution in [3.8, 4) is 6.07 Å². The van der Waals surface area contributed by atoms with Crippen molar-refractivity contribution in [2.45, 2.75) is 25.1 Å². The number of fused-ring (bicyclic) bond motifs is 1. The van der Waals surface area contributed by atoms with Gasteiger partial charge in [0.15, 0.2) is 5.56 Å². The lowest BCUT2D eigenvalue weighted by molar-refractivity contribution is -0.136. The molecule has 1 N–H and O–H groups in total. The standard InChI is InChI=1S/C20H14F3N3OS/c21-20(22,23)16-7-3-4-8-17(16)25-18-15(11-24)19(27)26(28-18)14-9-12-5-1-2-6-13(12)10-14/h1-8,14,25H,9-10H2. The third-order valence-electron chi connectivity index (χ3n) is 4.78. The van der Waals surface area contributed by atoms with Crippen molar-refractivity contribution in [3.05, 3.63) is 81.1 Å². The summed E-state index contributed by atoms with van der Waals surface area (Å²) in [7, 11) is 0. The fourth-order valence-electron chi connectivity index (χ4n) is 3.48. The molecule has 1 aliphatic carbocycles. The lowest BCUT2D eigenvalue weighted by Gasteiger charge is -2.13. The Hall–Kier alpha value is -3.05. The number of halogens is 3. The molecule has 4 rings (SSSR count). The minimum absolute atomic E-state index is 0.125. The summed E-state index contributed by atoms with van der Waals surface area (Å²) in [5.74, 6) is 0. The Morgan fingerprint density at radius 2 is 1.68 bits per heavy atom. The third kappa shape index (κ3) is 3.18. The number of para-hydroxylation sites is 1. The van der Waals surface area contributed by atoms with E-state index >= 15 is 0 Å². The Kier molecular flexibility index (Phi) is 4.47. The van der Waals surface area contributed by atoms with E-state index in [0.29, 0.717) is 12.8 Å². The van der Waals surface area contributed by atoms with E-state index in [1.54, 1.807) is 0 Å². The molecule has 1 aromatic heterocycles. The van der Waals surface area contributed by atoms with Crippen LogP contribution in [0.25, 0.3) is 0 Å². The number of rotatable bonds is 3. The second-order valence-corrected chi connectivity index (χ2v) is 7.52. The molecule has 0 unspecified atom stereocenters. The van der Waals surface area contributed by atoms with Crippen LogP contribution in [0.5, 0.6) is 0 Å². The lowest BCUT2D eigenvalue weighted by atomic mass is 10.1. The van der Waals surface area contributed by atoms with Gasteiger partial charge in [0.1, 0.15) is 11.1 Å². The Morgan fingerprint density at radius 1 is 1.07 bits per heavy atom. The minimum atomic E-state index is -4.54. The summed E-state index contributed by atoms with van der Waals surface area (Å²) in [4.78, 5) is 12.7. The van der Waals surface area contributed by atoms with Crippen LogP contribution in [0.2, 0.25) is 0 Å². The maximum absolute atomic E-state index is 13.2. The summed E-state index contributed by atoms with van der Waals surface area (Å²) in [6.07, 6.45) is -3.24. The summed E-state index contributed by atoms with van der Waals surface area (Å²) in [5, 5.41) is 12.2. The molecule has 3 aromatic rings. The molecule has 1 heterocycles. The van der Waals surface area contributed by atoms with Crippen LogP contribution in [-0.4, -0.2) is 3.96 Å². The van der Waals surface area contributed by atoms with Crippen LogP contribution in [0.15, 0.2) is 53.3 Å². The lowest BCUT2D eigenvalue weighted by Crippen LogP contribution is -2.21. The van der Waals surface area contributed by atoms with E-state index in [1.165, 1.54) is 22.2 Å². The highest BCUT2D eigenvalue weighted by Crippen LogP contribution is 2.38. The molecular weight excluding hydrogens is 387 g/mol. The first-order valence-electron chi connectivity index (χ1n) is 8.54. The molecule has 0 fully saturated rings. The fraction of sp³-hybridized carbons (Fsp3) is 0.200. The van der Waals surface area contributed by atoms with Gasteiger partial charge in [0, 0.05) is 0 Å². The highest BCUT2D eigenvalue weighted by atomic mass is 32.1. The molecule has 0 bridgehead atoms. The van der Waals surface area contributed by atoms with E-state index in [0.717, 1.165) is 28.7 Å². The largest absolute Gasteiger partial charge is 0.418 e. The molecule has 28 heavy (non-hydrogen) atoms. The zero-order valence-electron chi connectivity index (χ0n) is 14.5. The topological polar surface area (TPSA) is 57.8 Å². The number of nitrogens with one attached hydrogen (secondary N) is 1. The molecule has 142 valence electrons. The summed E-state index contributed by atoms with van der Waals surface area (Å²) < 4.78 is 41.2. The second-order valence-electron chi connectivity index (χ2n) is 6.54. The van der Waals surface area contributed by atoms with Crippen molar-refractivity contribution in [2.75, 3.05) is 5.32 Å². The smallest absolute Gasteiger partial charge is 0.344 e. The van der Waals surface area contributed by atoms with E-state index in [4.69, 9.17) is 0 Å². The third-order valence-corrected chi connectivity index (χ3v) is 5.93. The quantitative estimate of drug-likeness (QED) is 0.680. The van der Waals surface area contributed by atoms with E-state index in [2.05, 4.69) is 5.32 Å². The number of aromatic nitrogens is 1. The molecule has 1 aliphatic rings. The van der Waals surface area contributed by atoms with Crippen molar-refractivity contribution >= 4 is 22.2 Å². The Bertz CT molecular complexity index is 1120. The van der Waals surface area contributed by atoms with Gasteiger partial charge in [0.2, 0.25) is 0 Å². The number of benzene rings is 2. The average Bonchev–Trinajstić information content (AvgIpc) is 3.22. The predicted molar refractivity (Wildman–Crippen MR) is 101 cm³/mol. The maximum atomic E-state index is 13.2. The van der Waals surface area contributed by atoms with Gasteiger partial charge >= 0.3 is 6.18 Å². The van der Waals surface area contributed by atoms with Gasteiger partial charge < -0.3 is 5.32 Å². The van der Waals surface area contributed by atoms with Crippen molar-refractivity contribution in [1.82, 2.24) is 3.96 Å². The van der Waals surface area contributed by atoms with Crippen LogP contribution in [0.4, 0.5) is 23.9 Å². The molecule has 0 spiro atoms. The molecule has 0 aliphatic heterocycles. The van der Waals surface area contributed by atoms with E-state index in [9.17, 15) is 23.2 Å². The first kappa shape index (κ1) is 18.3. The van der Waals surface area contributed by atoms with Gasteiger partial charge in [-0.15, -0.1) is 0 Å². The number of nitriles is 1. The fourth-order valence-corrected chi connectivity index (χ4v) is 4.53. The van der Waals surface area contributed by atoms with Gasteiger partial charge in [-0.3, -0.25) is 8.75 Å². The highest BCUT2D eigenvalue weighted by molar-refractivity contribution is 7.11. The summed E-state index contributed by atoms with van der Waals surface area (Å²) >= 11 is 0.996. The number of hydrogen-bond acceptors (Lipinski definition) is 4. The average molecular weight is 401 g/mol. The predicted octanol–water partition coefficient (Wildman–Crippen LogP) is 4.88. The monoisotopic (exact) mass is 401 g/mol. The Labute approximate surface area is 162 Å². The van der Waals surface area contributed by atoms with Gasteiger partial charge in [-0.25, -0.2) is 0 Å². The van der Waals surface area contributed by atoms with Crippen LogP contribution < -0.4 is 10.9 Å². The van der Waals surface area contributed by atoms with E-state index in [-0.39, 0.29) is 22.3 Å². The molecule has 8 heteroatoms. The molecule has 0 radical (unpaired) electrons. The highest BCUT2D eigenvalue weighted by Gasteiger charge is 2.34. The van der Waals surface area contributed by atoms with Crippen molar-refractivity contribution in [1.29, 1.82) is 5.26 Å². The summed E-state index contributed by atoms with van der Waals surface area (Å²) in [5.41, 5.74) is 0.607. The second kappa shape index (κ2) is 6.84. The number of nitrogens with zero attached hydrogens (tertiary/aromatic N) is 2. The molecule has 4 nitrogen and oxygen atoms in total. The zero-order valence-corrected chi connectivity index (χ0v) is 15.3. The molecule has 0 atom stereocenters. The van der Waals surface area contributed by atoms with Crippen LogP contribution in [0, 0.1) is 11.3 Å². The van der Waals surface area contributed by atoms with Crippen molar-refractivity contribution in [2.24, 2.45) is 0 Å². The van der Waals surface area contributed by atoms with Crippen LogP contribution >= 0.6 is 11.5 Å². The zero-order chi connectivity index (χ0) is 19.9. The van der Waals surface area contributed by atoms with E-state index < -0.39 is 17.3 Å². The van der Waals surface area contributed by atoms with Crippen LogP contribution in [0.3, 0.4) is 0 Å². The van der Waals surface area contributed by atoms with Gasteiger partial charge in [-0.1, -0.05) is 36.4 Å². The SMILES string of the molecule is N#Cc1c(Nc2ccccc2C(F)(F)F)sn(C2Cc3ccccc3C2)c1=O. The van der Waals surface area contributed by atoms with Gasteiger partial charge in [-0.2, -0.15) is 18.4 Å². The molecule has 0 amide bonds. The molecule has 0 saturated heterocycles. The minimum Gasteiger partial charge on any atom is -0.344 e. The molecule has 2 aromatic carbocycles. The Balaban J connectivity index is 1.71. The number of hydrogen-bond donors (Lipinski definition) is 1. The van der Waals surface area contributed by atoms with Crippen LogP contribution in [0.1, 0.15) is 28.3 Å². The van der Waals surface area contributed by atoms with Gasteiger partial charge in [0.25, 0.3) is 5.56 Å². The Morgan fingerprint density at radius 3 is 2.29 bits per heavy atom. The first-order chi connectivity index (χ1) is 13.4. The first-order valence-corrected chi connectivity index (χ1v) is 9.31. The number of alkyl halides is 3. The molecular formula is C20H14F3N3OS. The van der Waals surface area contributed by atoms with E-state index in [1.807, 2.05) is 30.3 Å². The maximum Gasteiger partial charge on any atom is 0.418 e. The van der Waals surface area contributed by atoms with Gasteiger partial charge in [0.05, 0.1) is 17.3 Å². The summed E-state index contributed by atoms with van der Waals surface area (Å²) in [6, 6.07) is 14.6. The van der Waals surface area contributed by atoms with Crippen molar-refractivity contribution in [3.63, 3.8) is 0 Å². The van der Waals surface area contributed by atoms with Crippen molar-refractivity contribution < 1.29 is 13.2 Å². The van der Waals surface area contributed by atoms with Crippen LogP contribution in [-0.2, 0) is 19.0 Å².